The molecule has 0 amide bonds. The van der Waals surface area contributed by atoms with Crippen LogP contribution < -0.4 is 10.6 Å². The van der Waals surface area contributed by atoms with Crippen LogP contribution in [0.4, 0.5) is 0 Å². The summed E-state index contributed by atoms with van der Waals surface area (Å²) in [5.74, 6) is 1.83. The van der Waals surface area contributed by atoms with Crippen LogP contribution in [0.3, 0.4) is 0 Å². The Morgan fingerprint density at radius 1 is 1.24 bits per heavy atom. The van der Waals surface area contributed by atoms with E-state index in [1.165, 1.54) is 19.3 Å². The number of rotatable bonds is 8. The van der Waals surface area contributed by atoms with Gasteiger partial charge in [-0.25, -0.2) is 4.98 Å². The van der Waals surface area contributed by atoms with Crippen LogP contribution in [0.1, 0.15) is 43.6 Å². The van der Waals surface area contributed by atoms with Gasteiger partial charge in [0, 0.05) is 19.3 Å². The molecule has 29 heavy (non-hydrogen) atoms. The zero-order valence-corrected chi connectivity index (χ0v) is 20.0. The summed E-state index contributed by atoms with van der Waals surface area (Å²) >= 11 is 5.85. The van der Waals surface area contributed by atoms with Crippen LogP contribution in [0.2, 0.25) is 5.15 Å². The number of hydrogen-bond acceptors (Lipinski definition) is 4. The second kappa shape index (κ2) is 13.1. The fraction of sp³-hybridized carbons (Fsp3) is 0.524. The van der Waals surface area contributed by atoms with Gasteiger partial charge in [-0.15, -0.1) is 24.0 Å². The lowest BCUT2D eigenvalue weighted by molar-refractivity contribution is 0.150. The minimum absolute atomic E-state index is 0. The molecule has 0 aromatic carbocycles. The number of aliphatic imine (C=N–C) groups is 1. The van der Waals surface area contributed by atoms with E-state index in [-0.39, 0.29) is 30.0 Å². The van der Waals surface area contributed by atoms with Gasteiger partial charge in [0.2, 0.25) is 0 Å². The van der Waals surface area contributed by atoms with Gasteiger partial charge in [0.15, 0.2) is 5.96 Å². The molecule has 2 aromatic rings. The second-order valence-corrected chi connectivity index (χ2v) is 7.40. The summed E-state index contributed by atoms with van der Waals surface area (Å²) in [7, 11) is 0. The number of halogens is 2. The number of hydrogen-bond donors (Lipinski definition) is 2. The smallest absolute Gasteiger partial charge is 0.191 e. The third-order valence-electron chi connectivity index (χ3n) is 4.96. The van der Waals surface area contributed by atoms with Gasteiger partial charge in [0.25, 0.3) is 0 Å². The van der Waals surface area contributed by atoms with Crippen molar-refractivity contribution < 1.29 is 4.42 Å². The first-order valence-electron chi connectivity index (χ1n) is 10.2. The zero-order chi connectivity index (χ0) is 19.6. The highest BCUT2D eigenvalue weighted by Gasteiger charge is 2.24. The maximum absolute atomic E-state index is 5.85. The highest BCUT2D eigenvalue weighted by molar-refractivity contribution is 14.0. The second-order valence-electron chi connectivity index (χ2n) is 7.01. The first-order chi connectivity index (χ1) is 13.8. The van der Waals surface area contributed by atoms with Crippen molar-refractivity contribution in [1.82, 2.24) is 20.5 Å². The van der Waals surface area contributed by atoms with Gasteiger partial charge >= 0.3 is 0 Å². The molecule has 1 unspecified atom stereocenters. The molecule has 0 aliphatic carbocycles. The zero-order valence-electron chi connectivity index (χ0n) is 16.9. The van der Waals surface area contributed by atoms with E-state index in [1.54, 1.807) is 6.26 Å². The predicted octanol–water partition coefficient (Wildman–Crippen LogP) is 4.27. The third-order valence-corrected chi connectivity index (χ3v) is 5.19. The summed E-state index contributed by atoms with van der Waals surface area (Å²) in [6.07, 6.45) is 8.23. The third kappa shape index (κ3) is 7.79. The molecule has 3 rings (SSSR count). The molecule has 0 saturated carbocycles. The number of likely N-dealkylation sites (tertiary alicyclic amines) is 1. The van der Waals surface area contributed by atoms with E-state index in [0.717, 1.165) is 49.9 Å². The molecule has 8 heteroatoms. The minimum atomic E-state index is 0. The monoisotopic (exact) mass is 531 g/mol. The van der Waals surface area contributed by atoms with Crippen molar-refractivity contribution in [2.45, 2.75) is 38.6 Å². The summed E-state index contributed by atoms with van der Waals surface area (Å²) in [4.78, 5) is 11.5. The number of nitrogens with zero attached hydrogens (tertiary/aromatic N) is 3. The van der Waals surface area contributed by atoms with Crippen molar-refractivity contribution in [3.63, 3.8) is 0 Å². The Bertz CT molecular complexity index is 717. The van der Waals surface area contributed by atoms with Gasteiger partial charge in [-0.2, -0.15) is 0 Å². The molecule has 1 atom stereocenters. The number of piperidine rings is 1. The summed E-state index contributed by atoms with van der Waals surface area (Å²) in [5, 5.41) is 7.27. The fourth-order valence-corrected chi connectivity index (χ4v) is 3.61. The van der Waals surface area contributed by atoms with Crippen molar-refractivity contribution >= 4 is 41.5 Å². The maximum Gasteiger partial charge on any atom is 0.191 e. The number of pyridine rings is 1. The molecular formula is C21H31ClIN5O. The molecule has 160 valence electrons. The lowest BCUT2D eigenvalue weighted by Crippen LogP contribution is -2.40. The Morgan fingerprint density at radius 3 is 2.72 bits per heavy atom. The van der Waals surface area contributed by atoms with E-state index < -0.39 is 0 Å². The fourth-order valence-electron chi connectivity index (χ4n) is 3.50. The Morgan fingerprint density at radius 2 is 2.07 bits per heavy atom. The van der Waals surface area contributed by atoms with Gasteiger partial charge < -0.3 is 15.1 Å². The number of aromatic nitrogens is 1. The average Bonchev–Trinajstić information content (AvgIpc) is 3.25. The van der Waals surface area contributed by atoms with Crippen LogP contribution in [-0.2, 0) is 6.42 Å². The lowest BCUT2D eigenvalue weighted by atomic mass is 10.1. The van der Waals surface area contributed by atoms with Crippen LogP contribution in [0.5, 0.6) is 0 Å². The molecular weight excluding hydrogens is 501 g/mol. The summed E-state index contributed by atoms with van der Waals surface area (Å²) in [6, 6.07) is 8.03. The topological polar surface area (TPSA) is 65.7 Å². The molecule has 0 bridgehead atoms. The predicted molar refractivity (Wildman–Crippen MR) is 129 cm³/mol. The van der Waals surface area contributed by atoms with Gasteiger partial charge in [-0.3, -0.25) is 9.89 Å². The van der Waals surface area contributed by atoms with E-state index in [9.17, 15) is 0 Å². The largest absolute Gasteiger partial charge is 0.468 e. The van der Waals surface area contributed by atoms with Crippen LogP contribution in [0.15, 0.2) is 46.1 Å². The van der Waals surface area contributed by atoms with Crippen LogP contribution in [0.25, 0.3) is 0 Å². The van der Waals surface area contributed by atoms with Crippen molar-refractivity contribution in [3.8, 4) is 0 Å². The Balaban J connectivity index is 0.00000300. The summed E-state index contributed by atoms with van der Waals surface area (Å²) < 4.78 is 5.72. The molecule has 0 spiro atoms. The van der Waals surface area contributed by atoms with Crippen molar-refractivity contribution in [1.29, 1.82) is 0 Å². The molecule has 1 aliphatic heterocycles. The highest BCUT2D eigenvalue weighted by atomic mass is 127. The first-order valence-corrected chi connectivity index (χ1v) is 10.5. The molecule has 1 aliphatic rings. The average molecular weight is 532 g/mol. The Kier molecular flexibility index (Phi) is 10.8. The van der Waals surface area contributed by atoms with Crippen LogP contribution in [0, 0.1) is 0 Å². The summed E-state index contributed by atoms with van der Waals surface area (Å²) in [5.41, 5.74) is 1.15. The molecule has 6 nitrogen and oxygen atoms in total. The van der Waals surface area contributed by atoms with Crippen LogP contribution in [-0.4, -0.2) is 48.6 Å². The van der Waals surface area contributed by atoms with Crippen molar-refractivity contribution in [3.05, 3.63) is 53.2 Å². The molecule has 1 saturated heterocycles. The quantitative estimate of drug-likeness (QED) is 0.231. The number of nitrogens with one attached hydrogen (secondary N) is 2. The number of guanidine groups is 1. The molecule has 0 radical (unpaired) electrons. The van der Waals surface area contributed by atoms with E-state index in [0.29, 0.717) is 11.7 Å². The lowest BCUT2D eigenvalue weighted by Gasteiger charge is -2.32. The van der Waals surface area contributed by atoms with E-state index in [4.69, 9.17) is 21.0 Å². The minimum Gasteiger partial charge on any atom is -0.468 e. The Hall–Kier alpha value is -1.32. The van der Waals surface area contributed by atoms with Crippen molar-refractivity contribution in [2.24, 2.45) is 4.99 Å². The van der Waals surface area contributed by atoms with E-state index in [1.807, 2.05) is 24.4 Å². The standard InChI is InChI=1S/C21H30ClN5O.HI/c1-2-23-21(24-11-10-17-8-9-20(22)25-15-17)26-16-18(19-7-6-14-28-19)27-12-4-3-5-13-27;/h6-9,14-15,18H,2-5,10-13,16H2,1H3,(H2,23,24,26);1H. The number of furan rings is 1. The first kappa shape index (κ1) is 24.0. The molecule has 2 aromatic heterocycles. The van der Waals surface area contributed by atoms with Gasteiger partial charge in [0.1, 0.15) is 10.9 Å². The van der Waals surface area contributed by atoms with Gasteiger partial charge in [0.05, 0.1) is 18.8 Å². The van der Waals surface area contributed by atoms with Crippen LogP contribution >= 0.6 is 35.6 Å². The molecule has 2 N–H and O–H groups in total. The Labute approximate surface area is 195 Å². The van der Waals surface area contributed by atoms with Gasteiger partial charge in [-0.05, 0) is 63.0 Å². The van der Waals surface area contributed by atoms with Crippen molar-refractivity contribution in [2.75, 3.05) is 32.7 Å². The van der Waals surface area contributed by atoms with E-state index in [2.05, 4.69) is 33.5 Å². The normalized spacial score (nSPS) is 16.1. The highest BCUT2D eigenvalue weighted by Crippen LogP contribution is 2.25. The molecule has 1 fully saturated rings. The van der Waals surface area contributed by atoms with Gasteiger partial charge in [-0.1, -0.05) is 24.1 Å². The van der Waals surface area contributed by atoms with E-state index >= 15 is 0 Å². The maximum atomic E-state index is 5.85. The summed E-state index contributed by atoms with van der Waals surface area (Å²) in [6.45, 7) is 6.57. The molecule has 3 heterocycles. The SMILES string of the molecule is CCNC(=NCC(c1ccco1)N1CCCCC1)NCCc1ccc(Cl)nc1.I.